The molecular weight excluding hydrogens is 307 g/mol. The fourth-order valence-electron chi connectivity index (χ4n) is 2.27. The molecule has 2 aromatic carbocycles. The Labute approximate surface area is 140 Å². The average molecular weight is 326 g/mol. The minimum Gasteiger partial charge on any atom is -0.507 e. The van der Waals surface area contributed by atoms with Crippen LogP contribution in [-0.4, -0.2) is 16.7 Å². The number of allylic oxidation sites excluding steroid dienone is 1. The molecule has 1 amide bonds. The molecular formula is C19H19FN2O2. The van der Waals surface area contributed by atoms with Gasteiger partial charge in [-0.1, -0.05) is 24.3 Å². The van der Waals surface area contributed by atoms with Gasteiger partial charge in [0.1, 0.15) is 11.6 Å². The Bertz CT molecular complexity index is 826. The van der Waals surface area contributed by atoms with Gasteiger partial charge in [0, 0.05) is 16.7 Å². The smallest absolute Gasteiger partial charge is 0.271 e. The minimum absolute atomic E-state index is 0.106. The lowest BCUT2D eigenvalue weighted by Crippen LogP contribution is -2.19. The molecule has 0 aliphatic heterocycles. The van der Waals surface area contributed by atoms with Crippen LogP contribution < -0.4 is 5.43 Å². The number of aryl methyl sites for hydroxylation is 1. The van der Waals surface area contributed by atoms with Gasteiger partial charge in [0.2, 0.25) is 0 Å². The summed E-state index contributed by atoms with van der Waals surface area (Å²) in [6.45, 7) is 5.44. The number of benzene rings is 2. The Kier molecular flexibility index (Phi) is 5.47. The van der Waals surface area contributed by atoms with Crippen molar-refractivity contribution >= 4 is 17.7 Å². The normalized spacial score (nSPS) is 11.8. The summed E-state index contributed by atoms with van der Waals surface area (Å²) in [7, 11) is 0. The number of carbonyl (C=O) groups excluding carboxylic acids is 1. The second-order valence-corrected chi connectivity index (χ2v) is 5.34. The summed E-state index contributed by atoms with van der Waals surface area (Å²) in [6, 6.07) is 8.96. The van der Waals surface area contributed by atoms with E-state index in [0.29, 0.717) is 16.8 Å². The monoisotopic (exact) mass is 326 g/mol. The number of nitrogens with one attached hydrogen (secondary N) is 1. The molecule has 124 valence electrons. The van der Waals surface area contributed by atoms with E-state index in [2.05, 4.69) is 10.5 Å². The van der Waals surface area contributed by atoms with Gasteiger partial charge in [-0.05, 0) is 50.6 Å². The van der Waals surface area contributed by atoms with Crippen LogP contribution in [0, 0.1) is 12.7 Å². The van der Waals surface area contributed by atoms with Gasteiger partial charge in [0.25, 0.3) is 5.91 Å². The third-order valence-corrected chi connectivity index (χ3v) is 3.57. The topological polar surface area (TPSA) is 61.7 Å². The fourth-order valence-corrected chi connectivity index (χ4v) is 2.27. The van der Waals surface area contributed by atoms with E-state index in [1.54, 1.807) is 13.0 Å². The van der Waals surface area contributed by atoms with Crippen LogP contribution in [0.2, 0.25) is 0 Å². The molecule has 2 rings (SSSR count). The molecule has 0 atom stereocenters. The zero-order valence-electron chi connectivity index (χ0n) is 13.8. The maximum atomic E-state index is 13.1. The molecule has 0 saturated carbocycles. The molecule has 0 saturated heterocycles. The number of rotatable bonds is 4. The molecule has 0 bridgehead atoms. The predicted molar refractivity (Wildman–Crippen MR) is 93.6 cm³/mol. The van der Waals surface area contributed by atoms with Crippen molar-refractivity contribution in [2.24, 2.45) is 5.10 Å². The van der Waals surface area contributed by atoms with Crippen molar-refractivity contribution in [3.8, 4) is 5.75 Å². The Hall–Kier alpha value is -2.95. The summed E-state index contributed by atoms with van der Waals surface area (Å²) in [4.78, 5) is 12.0. The first-order valence-electron chi connectivity index (χ1n) is 7.50. The first-order valence-corrected chi connectivity index (χ1v) is 7.50. The number of phenols is 1. The fraction of sp³-hybridized carbons (Fsp3) is 0.158. The molecule has 0 aromatic heterocycles. The van der Waals surface area contributed by atoms with Crippen LogP contribution in [0.5, 0.6) is 5.75 Å². The van der Waals surface area contributed by atoms with Crippen LogP contribution >= 0.6 is 0 Å². The highest BCUT2D eigenvalue weighted by atomic mass is 19.1. The Balaban J connectivity index is 2.25. The number of aromatic hydroxyl groups is 1. The van der Waals surface area contributed by atoms with E-state index in [9.17, 15) is 14.3 Å². The molecule has 0 fully saturated rings. The first kappa shape index (κ1) is 17.4. The SMILES string of the molecule is CC=Cc1c(C)ccc(C(C)=NNC(=O)c2cccc(F)c2)c1O. The molecule has 0 spiro atoms. The van der Waals surface area contributed by atoms with Gasteiger partial charge in [-0.25, -0.2) is 9.82 Å². The quantitative estimate of drug-likeness (QED) is 0.658. The molecule has 24 heavy (non-hydrogen) atoms. The van der Waals surface area contributed by atoms with Gasteiger partial charge in [0.15, 0.2) is 0 Å². The zero-order valence-corrected chi connectivity index (χ0v) is 13.8. The maximum Gasteiger partial charge on any atom is 0.271 e. The van der Waals surface area contributed by atoms with E-state index < -0.39 is 11.7 Å². The van der Waals surface area contributed by atoms with E-state index in [-0.39, 0.29) is 11.3 Å². The molecule has 0 aliphatic carbocycles. The van der Waals surface area contributed by atoms with Crippen LogP contribution in [0.3, 0.4) is 0 Å². The summed E-state index contributed by atoms with van der Waals surface area (Å²) in [5.41, 5.74) is 5.16. The number of hydrogen-bond donors (Lipinski definition) is 2. The van der Waals surface area contributed by atoms with Crippen molar-refractivity contribution < 1.29 is 14.3 Å². The summed E-state index contributed by atoms with van der Waals surface area (Å²) in [5.74, 6) is -0.904. The van der Waals surface area contributed by atoms with Gasteiger partial charge >= 0.3 is 0 Å². The molecule has 0 aliphatic rings. The summed E-state index contributed by atoms with van der Waals surface area (Å²) in [6.07, 6.45) is 3.65. The van der Waals surface area contributed by atoms with E-state index in [1.807, 2.05) is 32.1 Å². The van der Waals surface area contributed by atoms with Gasteiger partial charge in [-0.3, -0.25) is 4.79 Å². The minimum atomic E-state index is -0.519. The molecule has 2 aromatic rings. The van der Waals surface area contributed by atoms with E-state index in [4.69, 9.17) is 0 Å². The Morgan fingerprint density at radius 2 is 2.04 bits per heavy atom. The lowest BCUT2D eigenvalue weighted by Gasteiger charge is -2.10. The Morgan fingerprint density at radius 1 is 1.29 bits per heavy atom. The van der Waals surface area contributed by atoms with Crippen LogP contribution in [0.4, 0.5) is 4.39 Å². The standard InChI is InChI=1S/C19H19FN2O2/c1-4-6-16-12(2)9-10-17(18(16)23)13(3)21-22-19(24)14-7-5-8-15(20)11-14/h4-11,23H,1-3H3,(H,22,24). The molecule has 0 unspecified atom stereocenters. The van der Waals surface area contributed by atoms with Crippen molar-refractivity contribution in [3.63, 3.8) is 0 Å². The average Bonchev–Trinajstić information content (AvgIpc) is 2.56. The van der Waals surface area contributed by atoms with Gasteiger partial charge in [-0.15, -0.1) is 0 Å². The largest absolute Gasteiger partial charge is 0.507 e. The molecule has 0 radical (unpaired) electrons. The molecule has 4 nitrogen and oxygen atoms in total. The van der Waals surface area contributed by atoms with Crippen LogP contribution in [0.15, 0.2) is 47.6 Å². The highest BCUT2D eigenvalue weighted by molar-refractivity contribution is 6.03. The van der Waals surface area contributed by atoms with Crippen LogP contribution in [-0.2, 0) is 0 Å². The Morgan fingerprint density at radius 3 is 2.71 bits per heavy atom. The van der Waals surface area contributed by atoms with Gasteiger partial charge < -0.3 is 5.11 Å². The number of hydrazone groups is 1. The van der Waals surface area contributed by atoms with E-state index in [0.717, 1.165) is 11.6 Å². The summed E-state index contributed by atoms with van der Waals surface area (Å²) < 4.78 is 13.1. The lowest BCUT2D eigenvalue weighted by molar-refractivity contribution is 0.0954. The van der Waals surface area contributed by atoms with Crippen molar-refractivity contribution in [1.82, 2.24) is 5.43 Å². The molecule has 2 N–H and O–H groups in total. The van der Waals surface area contributed by atoms with E-state index in [1.165, 1.54) is 18.2 Å². The highest BCUT2D eigenvalue weighted by Crippen LogP contribution is 2.27. The number of carbonyl (C=O) groups is 1. The maximum absolute atomic E-state index is 13.1. The summed E-state index contributed by atoms with van der Waals surface area (Å²) >= 11 is 0. The number of phenolic OH excluding ortho intramolecular Hbond substituents is 1. The van der Waals surface area contributed by atoms with Crippen molar-refractivity contribution in [2.75, 3.05) is 0 Å². The third-order valence-electron chi connectivity index (χ3n) is 3.57. The van der Waals surface area contributed by atoms with Gasteiger partial charge in [-0.2, -0.15) is 5.10 Å². The second kappa shape index (κ2) is 7.55. The predicted octanol–water partition coefficient (Wildman–Crippen LogP) is 4.03. The van der Waals surface area contributed by atoms with E-state index >= 15 is 0 Å². The van der Waals surface area contributed by atoms with Crippen molar-refractivity contribution in [2.45, 2.75) is 20.8 Å². The first-order chi connectivity index (χ1) is 11.4. The number of hydrogen-bond acceptors (Lipinski definition) is 3. The molecule has 0 heterocycles. The van der Waals surface area contributed by atoms with Crippen LogP contribution in [0.25, 0.3) is 6.08 Å². The number of nitrogens with zero attached hydrogens (tertiary/aromatic N) is 1. The second-order valence-electron chi connectivity index (χ2n) is 5.34. The third kappa shape index (κ3) is 3.87. The summed E-state index contributed by atoms with van der Waals surface area (Å²) in [5, 5.41) is 14.4. The van der Waals surface area contributed by atoms with Crippen LogP contribution in [0.1, 0.15) is 40.9 Å². The number of halogens is 1. The zero-order chi connectivity index (χ0) is 17.7. The van der Waals surface area contributed by atoms with Crippen molar-refractivity contribution in [3.05, 3.63) is 70.5 Å². The lowest BCUT2D eigenvalue weighted by atomic mass is 10.0. The molecule has 5 heteroatoms. The number of amides is 1. The van der Waals surface area contributed by atoms with Crippen molar-refractivity contribution in [1.29, 1.82) is 0 Å². The highest BCUT2D eigenvalue weighted by Gasteiger charge is 2.11. The van der Waals surface area contributed by atoms with Gasteiger partial charge in [0.05, 0.1) is 5.71 Å².